The van der Waals surface area contributed by atoms with Gasteiger partial charge < -0.3 is 47.3 Å². The van der Waals surface area contributed by atoms with Crippen molar-refractivity contribution < 1.29 is 30.0 Å². The predicted octanol–water partition coefficient (Wildman–Crippen LogP) is -2.49. The highest BCUT2D eigenvalue weighted by Gasteiger charge is 2.44. The van der Waals surface area contributed by atoms with Gasteiger partial charge in [0, 0.05) is 19.1 Å². The molecule has 35 heavy (non-hydrogen) atoms. The van der Waals surface area contributed by atoms with Crippen LogP contribution in [0.15, 0.2) is 6.20 Å². The summed E-state index contributed by atoms with van der Waals surface area (Å²) >= 11 is 0. The van der Waals surface area contributed by atoms with E-state index in [0.717, 1.165) is 45.2 Å². The zero-order chi connectivity index (χ0) is 25.8. The second-order valence-corrected chi connectivity index (χ2v) is 9.19. The molecule has 0 aliphatic carbocycles. The SMILES string of the molecule is CC(=O)C(N)CCCCNCC(CCCCN)NCc1cn(C2O[C@@H](CO)[C@@H](O)[C@@H](O)[C@@H]2O)nn1. The van der Waals surface area contributed by atoms with Crippen molar-refractivity contribution in [3.63, 3.8) is 0 Å². The van der Waals surface area contributed by atoms with Gasteiger partial charge in [0.25, 0.3) is 0 Å². The van der Waals surface area contributed by atoms with Gasteiger partial charge in [-0.25, -0.2) is 4.68 Å². The number of carbonyl (C=O) groups excluding carboxylic acids is 1. The lowest BCUT2D eigenvalue weighted by Crippen LogP contribution is -2.56. The van der Waals surface area contributed by atoms with E-state index in [1.807, 2.05) is 0 Å². The fraction of sp³-hybridized carbons (Fsp3) is 0.864. The van der Waals surface area contributed by atoms with Crippen molar-refractivity contribution in [2.75, 3.05) is 26.2 Å². The van der Waals surface area contributed by atoms with Gasteiger partial charge in [0.2, 0.25) is 0 Å². The second-order valence-electron chi connectivity index (χ2n) is 9.19. The lowest BCUT2D eigenvalue weighted by Gasteiger charge is -2.39. The lowest BCUT2D eigenvalue weighted by molar-refractivity contribution is -0.254. The van der Waals surface area contributed by atoms with Gasteiger partial charge in [-0.1, -0.05) is 18.1 Å². The molecule has 1 aromatic rings. The molecular weight excluding hydrogens is 458 g/mol. The number of hydrogen-bond acceptors (Lipinski definition) is 12. The third-order valence-electron chi connectivity index (χ3n) is 6.30. The maximum absolute atomic E-state index is 11.2. The van der Waals surface area contributed by atoms with Crippen LogP contribution in [0.25, 0.3) is 0 Å². The molecule has 1 aliphatic rings. The Morgan fingerprint density at radius 1 is 1.17 bits per heavy atom. The number of carbonyl (C=O) groups is 1. The molecule has 2 rings (SSSR count). The summed E-state index contributed by atoms with van der Waals surface area (Å²) in [4.78, 5) is 11.2. The van der Waals surface area contributed by atoms with Gasteiger partial charge in [-0.15, -0.1) is 5.10 Å². The third kappa shape index (κ3) is 9.44. The summed E-state index contributed by atoms with van der Waals surface area (Å²) in [5, 5.41) is 54.6. The van der Waals surface area contributed by atoms with Gasteiger partial charge in [-0.3, -0.25) is 4.79 Å². The molecule has 0 saturated carbocycles. The molecule has 0 aromatic carbocycles. The molecule has 10 N–H and O–H groups in total. The Bertz CT molecular complexity index is 737. The summed E-state index contributed by atoms with van der Waals surface area (Å²) < 4.78 is 6.80. The third-order valence-corrected chi connectivity index (χ3v) is 6.30. The number of rotatable bonds is 17. The number of unbranched alkanes of at least 4 members (excludes halogenated alkanes) is 2. The largest absolute Gasteiger partial charge is 0.394 e. The van der Waals surface area contributed by atoms with Crippen LogP contribution in [0, 0.1) is 0 Å². The monoisotopic (exact) mass is 501 g/mol. The summed E-state index contributed by atoms with van der Waals surface area (Å²) in [6.07, 6.45) is 0.552. The molecule has 0 bridgehead atoms. The normalized spacial score (nSPS) is 26.5. The highest BCUT2D eigenvalue weighted by atomic mass is 16.6. The van der Waals surface area contributed by atoms with Crippen LogP contribution in [0.3, 0.4) is 0 Å². The summed E-state index contributed by atoms with van der Waals surface area (Å²) in [5.41, 5.74) is 12.0. The molecule has 1 aliphatic heterocycles. The van der Waals surface area contributed by atoms with Gasteiger partial charge in [-0.05, 0) is 45.7 Å². The zero-order valence-corrected chi connectivity index (χ0v) is 20.5. The number of aliphatic hydroxyl groups is 4. The maximum atomic E-state index is 11.2. The van der Waals surface area contributed by atoms with Crippen molar-refractivity contribution in [2.45, 2.75) is 94.7 Å². The van der Waals surface area contributed by atoms with Crippen LogP contribution in [-0.2, 0) is 16.1 Å². The number of nitrogens with one attached hydrogen (secondary N) is 2. The van der Waals surface area contributed by atoms with Crippen LogP contribution in [0.4, 0.5) is 0 Å². The van der Waals surface area contributed by atoms with Crippen molar-refractivity contribution in [1.82, 2.24) is 25.6 Å². The molecule has 7 atom stereocenters. The molecule has 1 aromatic heterocycles. The van der Waals surface area contributed by atoms with Crippen molar-refractivity contribution >= 4 is 5.78 Å². The first-order valence-electron chi connectivity index (χ1n) is 12.4. The summed E-state index contributed by atoms with van der Waals surface area (Å²) in [6, 6.07) is -0.199. The minimum Gasteiger partial charge on any atom is -0.394 e. The van der Waals surface area contributed by atoms with E-state index >= 15 is 0 Å². The average molecular weight is 502 g/mol. The minimum absolute atomic E-state index is 0.0191. The van der Waals surface area contributed by atoms with Gasteiger partial charge in [0.05, 0.1) is 24.5 Å². The number of aromatic nitrogens is 3. The number of nitrogens with two attached hydrogens (primary N) is 2. The summed E-state index contributed by atoms with van der Waals surface area (Å²) in [6.45, 7) is 3.66. The molecule has 0 spiro atoms. The Balaban J connectivity index is 1.83. The smallest absolute Gasteiger partial charge is 0.180 e. The second kappa shape index (κ2) is 15.5. The number of ether oxygens (including phenoxy) is 1. The molecular formula is C22H43N7O6. The van der Waals surface area contributed by atoms with Gasteiger partial charge in [0.1, 0.15) is 30.2 Å². The molecule has 3 unspecified atom stereocenters. The average Bonchev–Trinajstić information content (AvgIpc) is 3.31. The van der Waals surface area contributed by atoms with Crippen molar-refractivity contribution in [2.24, 2.45) is 11.5 Å². The number of Topliss-reactive ketones (excluding diaryl/α,β-unsaturated/α-hetero) is 1. The van der Waals surface area contributed by atoms with Crippen LogP contribution in [-0.4, -0.2) is 104 Å². The van der Waals surface area contributed by atoms with Crippen LogP contribution in [0.1, 0.15) is 57.4 Å². The van der Waals surface area contributed by atoms with Crippen LogP contribution >= 0.6 is 0 Å². The van der Waals surface area contributed by atoms with Crippen molar-refractivity contribution in [3.8, 4) is 0 Å². The van der Waals surface area contributed by atoms with Crippen LogP contribution in [0.5, 0.6) is 0 Å². The van der Waals surface area contributed by atoms with E-state index < -0.39 is 37.3 Å². The molecule has 13 nitrogen and oxygen atoms in total. The zero-order valence-electron chi connectivity index (χ0n) is 20.5. The number of hydrogen-bond donors (Lipinski definition) is 8. The Morgan fingerprint density at radius 3 is 2.60 bits per heavy atom. The van der Waals surface area contributed by atoms with E-state index in [9.17, 15) is 25.2 Å². The van der Waals surface area contributed by atoms with E-state index in [0.29, 0.717) is 25.2 Å². The maximum Gasteiger partial charge on any atom is 0.180 e. The standard InChI is InChI=1S/C22H43N7O6/c1-14(31)17(24)7-3-5-9-25-10-15(6-2-4-8-23)26-11-16-12-29(28-27-16)22-21(34)20(33)19(32)18(13-30)35-22/h12,15,17-22,25-26,30,32-34H,2-11,13,23-24H2,1H3/t15?,17?,18-,19+,20+,21-,22?/m0/s1. The Labute approximate surface area is 206 Å². The first-order valence-corrected chi connectivity index (χ1v) is 12.4. The molecule has 1 saturated heterocycles. The van der Waals surface area contributed by atoms with Crippen molar-refractivity contribution in [3.05, 3.63) is 11.9 Å². The fourth-order valence-electron chi connectivity index (χ4n) is 3.97. The van der Waals surface area contributed by atoms with E-state index in [2.05, 4.69) is 20.9 Å². The highest BCUT2D eigenvalue weighted by molar-refractivity contribution is 5.80. The number of aliphatic hydroxyl groups excluding tert-OH is 4. The minimum atomic E-state index is -1.48. The Morgan fingerprint density at radius 2 is 1.91 bits per heavy atom. The van der Waals surface area contributed by atoms with E-state index in [-0.39, 0.29) is 17.9 Å². The summed E-state index contributed by atoms with van der Waals surface area (Å²) in [7, 11) is 0. The number of nitrogens with zero attached hydrogens (tertiary/aromatic N) is 3. The Kier molecular flexibility index (Phi) is 13.2. The highest BCUT2D eigenvalue weighted by Crippen LogP contribution is 2.27. The fourth-order valence-corrected chi connectivity index (χ4v) is 3.97. The number of ketones is 1. The first-order chi connectivity index (χ1) is 16.8. The van der Waals surface area contributed by atoms with Gasteiger partial charge in [-0.2, -0.15) is 0 Å². The molecule has 13 heteroatoms. The van der Waals surface area contributed by atoms with Gasteiger partial charge in [0.15, 0.2) is 6.23 Å². The van der Waals surface area contributed by atoms with Gasteiger partial charge >= 0.3 is 0 Å². The predicted molar refractivity (Wildman–Crippen MR) is 128 cm³/mol. The topological polar surface area (TPSA) is 214 Å². The van der Waals surface area contributed by atoms with E-state index in [1.54, 1.807) is 6.20 Å². The van der Waals surface area contributed by atoms with Crippen LogP contribution in [0.2, 0.25) is 0 Å². The molecule has 0 radical (unpaired) electrons. The summed E-state index contributed by atoms with van der Waals surface area (Å²) in [5.74, 6) is 0.0191. The van der Waals surface area contributed by atoms with E-state index in [4.69, 9.17) is 16.2 Å². The first kappa shape index (κ1) is 29.7. The van der Waals surface area contributed by atoms with Crippen molar-refractivity contribution in [1.29, 1.82) is 0 Å². The molecule has 0 amide bonds. The lowest BCUT2D eigenvalue weighted by atomic mass is 9.98. The van der Waals surface area contributed by atoms with Crippen LogP contribution < -0.4 is 22.1 Å². The molecule has 1 fully saturated rings. The molecule has 202 valence electrons. The molecule has 2 heterocycles. The quantitative estimate of drug-likeness (QED) is 0.104. The Hall–Kier alpha value is -1.55. The van der Waals surface area contributed by atoms with E-state index in [1.165, 1.54) is 11.6 Å².